The molecule has 0 saturated heterocycles. The molecule has 1 aliphatic rings. The van der Waals surface area contributed by atoms with Gasteiger partial charge < -0.3 is 25.2 Å². The van der Waals surface area contributed by atoms with Crippen LogP contribution in [0, 0.1) is 5.92 Å². The molecular formula is C20H35N5O3. The van der Waals surface area contributed by atoms with E-state index < -0.39 is 0 Å². The van der Waals surface area contributed by atoms with Gasteiger partial charge in [-0.25, -0.2) is 9.79 Å². The number of hydrogen-bond acceptors (Lipinski definition) is 5. The first-order valence-electron chi connectivity index (χ1n) is 10.5. The maximum absolute atomic E-state index is 11.7. The van der Waals surface area contributed by atoms with Crippen LogP contribution in [-0.4, -0.2) is 42.9 Å². The summed E-state index contributed by atoms with van der Waals surface area (Å²) in [4.78, 5) is 16.3. The average Bonchev–Trinajstić information content (AvgIpc) is 3.43. The average molecular weight is 394 g/mol. The zero-order valence-electron chi connectivity index (χ0n) is 17.6. The van der Waals surface area contributed by atoms with Gasteiger partial charge in [0.15, 0.2) is 11.7 Å². The van der Waals surface area contributed by atoms with Crippen LogP contribution in [0.1, 0.15) is 70.8 Å². The molecule has 28 heavy (non-hydrogen) atoms. The van der Waals surface area contributed by atoms with Crippen LogP contribution in [0.3, 0.4) is 0 Å². The molecular weight excluding hydrogens is 358 g/mol. The number of aromatic nitrogens is 1. The Hall–Kier alpha value is -2.25. The van der Waals surface area contributed by atoms with E-state index in [9.17, 15) is 4.79 Å². The minimum atomic E-state index is -0.362. The third kappa shape index (κ3) is 7.05. The van der Waals surface area contributed by atoms with Crippen LogP contribution in [0.4, 0.5) is 4.79 Å². The minimum absolute atomic E-state index is 0.0367. The monoisotopic (exact) mass is 393 g/mol. The van der Waals surface area contributed by atoms with E-state index in [4.69, 9.17) is 9.26 Å². The predicted molar refractivity (Wildman–Crippen MR) is 109 cm³/mol. The van der Waals surface area contributed by atoms with Gasteiger partial charge in [0.05, 0.1) is 18.3 Å². The van der Waals surface area contributed by atoms with Crippen molar-refractivity contribution in [2.75, 3.05) is 19.7 Å². The Morgan fingerprint density at radius 3 is 2.64 bits per heavy atom. The molecule has 1 heterocycles. The van der Waals surface area contributed by atoms with Crippen LogP contribution in [-0.2, 0) is 11.3 Å². The van der Waals surface area contributed by atoms with Crippen LogP contribution in [0.2, 0.25) is 0 Å². The van der Waals surface area contributed by atoms with E-state index in [1.165, 1.54) is 0 Å². The molecule has 1 saturated carbocycles. The fraction of sp³-hybridized carbons (Fsp3) is 0.750. The molecule has 1 aromatic heterocycles. The Kier molecular flexibility index (Phi) is 9.10. The number of amides is 1. The van der Waals surface area contributed by atoms with Crippen LogP contribution < -0.4 is 16.0 Å². The largest absolute Gasteiger partial charge is 0.450 e. The van der Waals surface area contributed by atoms with Gasteiger partial charge in [-0.1, -0.05) is 19.0 Å². The van der Waals surface area contributed by atoms with Crippen molar-refractivity contribution in [2.24, 2.45) is 10.9 Å². The van der Waals surface area contributed by atoms with Crippen molar-refractivity contribution in [3.05, 3.63) is 17.5 Å². The molecule has 0 spiro atoms. The molecule has 3 N–H and O–H groups in total. The van der Waals surface area contributed by atoms with Gasteiger partial charge in [-0.15, -0.1) is 0 Å². The number of ether oxygens (including phenoxy) is 1. The van der Waals surface area contributed by atoms with Gasteiger partial charge in [-0.2, -0.15) is 0 Å². The number of carbonyl (C=O) groups is 1. The number of rotatable bonds is 11. The van der Waals surface area contributed by atoms with Crippen molar-refractivity contribution in [3.8, 4) is 0 Å². The summed E-state index contributed by atoms with van der Waals surface area (Å²) in [7, 11) is 0. The van der Waals surface area contributed by atoms with E-state index >= 15 is 0 Å². The number of carbonyl (C=O) groups excluding carboxylic acids is 1. The minimum Gasteiger partial charge on any atom is -0.450 e. The lowest BCUT2D eigenvalue weighted by molar-refractivity contribution is 0.146. The highest BCUT2D eigenvalue weighted by molar-refractivity contribution is 5.79. The van der Waals surface area contributed by atoms with Gasteiger partial charge in [-0.05, 0) is 45.4 Å². The second kappa shape index (κ2) is 11.6. The van der Waals surface area contributed by atoms with Crippen molar-refractivity contribution in [2.45, 2.75) is 71.9 Å². The van der Waals surface area contributed by atoms with E-state index in [-0.39, 0.29) is 12.1 Å². The van der Waals surface area contributed by atoms with Crippen molar-refractivity contribution < 1.29 is 14.1 Å². The summed E-state index contributed by atoms with van der Waals surface area (Å²) in [5.41, 5.74) is 1.00. The molecule has 0 radical (unpaired) electrons. The summed E-state index contributed by atoms with van der Waals surface area (Å²) in [6.07, 6.45) is 3.99. The Morgan fingerprint density at radius 1 is 1.29 bits per heavy atom. The summed E-state index contributed by atoms with van der Waals surface area (Å²) < 4.78 is 10.5. The molecule has 0 bridgehead atoms. The Morgan fingerprint density at radius 2 is 2.04 bits per heavy atom. The first-order chi connectivity index (χ1) is 13.6. The molecule has 1 fully saturated rings. The van der Waals surface area contributed by atoms with Crippen LogP contribution in [0.25, 0.3) is 0 Å². The normalized spacial score (nSPS) is 15.4. The highest BCUT2D eigenvalue weighted by atomic mass is 16.5. The first-order valence-corrected chi connectivity index (χ1v) is 10.5. The van der Waals surface area contributed by atoms with Gasteiger partial charge in [-0.3, -0.25) is 0 Å². The van der Waals surface area contributed by atoms with E-state index in [0.29, 0.717) is 37.5 Å². The number of hydrogen-bond donors (Lipinski definition) is 3. The lowest BCUT2D eigenvalue weighted by Crippen LogP contribution is -2.48. The summed E-state index contributed by atoms with van der Waals surface area (Å²) in [5.74, 6) is 2.37. The fourth-order valence-corrected chi connectivity index (χ4v) is 3.17. The lowest BCUT2D eigenvalue weighted by atomic mass is 9.99. The molecule has 1 aromatic rings. The molecule has 1 amide bonds. The second-order valence-electron chi connectivity index (χ2n) is 7.12. The first kappa shape index (κ1) is 22.0. The highest BCUT2D eigenvalue weighted by Crippen LogP contribution is 2.32. The summed E-state index contributed by atoms with van der Waals surface area (Å²) in [6.45, 7) is 10.3. The Labute approximate surface area is 167 Å². The van der Waals surface area contributed by atoms with Gasteiger partial charge >= 0.3 is 6.09 Å². The van der Waals surface area contributed by atoms with Crippen molar-refractivity contribution in [1.29, 1.82) is 0 Å². The maximum atomic E-state index is 11.7. The smallest absolute Gasteiger partial charge is 0.407 e. The second-order valence-corrected chi connectivity index (χ2v) is 7.12. The molecule has 1 atom stereocenters. The van der Waals surface area contributed by atoms with Crippen LogP contribution >= 0.6 is 0 Å². The van der Waals surface area contributed by atoms with Gasteiger partial charge in [0.1, 0.15) is 6.54 Å². The zero-order chi connectivity index (χ0) is 20.4. The van der Waals surface area contributed by atoms with E-state index in [0.717, 1.165) is 43.7 Å². The fourth-order valence-electron chi connectivity index (χ4n) is 3.17. The molecule has 158 valence electrons. The van der Waals surface area contributed by atoms with Crippen LogP contribution in [0.15, 0.2) is 15.6 Å². The standard InChI is InChI=1S/C20H35N5O3/c1-5-14(6-2)17-11-16(28-25-17)12-22-19(21-7-3)23-13-18(15-9-10-15)24-20(26)27-8-4/h11,14-15,18H,5-10,12-13H2,1-4H3,(H,24,26)(H2,21,22,23). The topological polar surface area (TPSA) is 101 Å². The maximum Gasteiger partial charge on any atom is 0.407 e. The SMILES string of the molecule is CCNC(=NCc1cc(C(CC)CC)no1)NCC(NC(=O)OCC)C1CC1. The zero-order valence-corrected chi connectivity index (χ0v) is 17.6. The highest BCUT2D eigenvalue weighted by Gasteiger charge is 2.32. The Bertz CT molecular complexity index is 623. The summed E-state index contributed by atoms with van der Waals surface area (Å²) in [5, 5.41) is 13.7. The van der Waals surface area contributed by atoms with E-state index in [2.05, 4.69) is 39.9 Å². The van der Waals surface area contributed by atoms with Gasteiger partial charge in [0.2, 0.25) is 0 Å². The van der Waals surface area contributed by atoms with E-state index in [1.807, 2.05) is 13.0 Å². The number of alkyl carbamates (subject to hydrolysis) is 1. The third-order valence-corrected chi connectivity index (χ3v) is 4.98. The number of nitrogens with one attached hydrogen (secondary N) is 3. The van der Waals surface area contributed by atoms with Crippen molar-refractivity contribution in [1.82, 2.24) is 21.1 Å². The molecule has 1 aliphatic carbocycles. The Balaban J connectivity index is 1.91. The number of aliphatic imine (C=N–C) groups is 1. The molecule has 0 aliphatic heterocycles. The molecule has 8 heteroatoms. The summed E-state index contributed by atoms with van der Waals surface area (Å²) in [6, 6.07) is 2.04. The van der Waals surface area contributed by atoms with Crippen molar-refractivity contribution in [3.63, 3.8) is 0 Å². The molecule has 0 aromatic carbocycles. The molecule has 1 unspecified atom stereocenters. The van der Waals surface area contributed by atoms with Crippen molar-refractivity contribution >= 4 is 12.1 Å². The van der Waals surface area contributed by atoms with Gasteiger partial charge in [0, 0.05) is 25.1 Å². The number of guanidine groups is 1. The third-order valence-electron chi connectivity index (χ3n) is 4.98. The predicted octanol–water partition coefficient (Wildman–Crippen LogP) is 3.16. The summed E-state index contributed by atoms with van der Waals surface area (Å²) >= 11 is 0. The number of nitrogens with zero attached hydrogens (tertiary/aromatic N) is 2. The van der Waals surface area contributed by atoms with E-state index in [1.54, 1.807) is 6.92 Å². The lowest BCUT2D eigenvalue weighted by Gasteiger charge is -2.20. The molecule has 2 rings (SSSR count). The molecule has 8 nitrogen and oxygen atoms in total. The van der Waals surface area contributed by atoms with Gasteiger partial charge in [0.25, 0.3) is 0 Å². The quantitative estimate of drug-likeness (QED) is 0.394. The van der Waals surface area contributed by atoms with Crippen LogP contribution in [0.5, 0.6) is 0 Å².